The molecular formula is C18H15ClN4O3S. The maximum atomic E-state index is 12.5. The van der Waals surface area contributed by atoms with Gasteiger partial charge in [0.25, 0.3) is 5.91 Å². The van der Waals surface area contributed by atoms with Crippen molar-refractivity contribution in [3.05, 3.63) is 65.7 Å². The number of carbonyl (C=O) groups is 2. The monoisotopic (exact) mass is 402 g/mol. The molecule has 3 rings (SSSR count). The van der Waals surface area contributed by atoms with Crippen LogP contribution in [0.25, 0.3) is 5.69 Å². The van der Waals surface area contributed by atoms with Crippen molar-refractivity contribution in [2.75, 3.05) is 18.2 Å². The molecule has 0 bridgehead atoms. The summed E-state index contributed by atoms with van der Waals surface area (Å²) >= 11 is 7.29. The third-order valence-electron chi connectivity index (χ3n) is 3.50. The highest BCUT2D eigenvalue weighted by Gasteiger charge is 2.20. The molecule has 1 amide bonds. The molecule has 1 N–H and O–H groups in total. The van der Waals surface area contributed by atoms with Crippen LogP contribution in [0, 0.1) is 0 Å². The molecule has 3 aromatic rings. The van der Waals surface area contributed by atoms with E-state index in [0.29, 0.717) is 10.8 Å². The number of thioether (sulfide) groups is 1. The Hall–Kier alpha value is -2.84. The number of nitrogens with one attached hydrogen (secondary N) is 1. The van der Waals surface area contributed by atoms with E-state index in [0.717, 1.165) is 5.69 Å². The van der Waals surface area contributed by atoms with E-state index in [1.807, 2.05) is 36.6 Å². The van der Waals surface area contributed by atoms with Gasteiger partial charge in [-0.05, 0) is 30.5 Å². The summed E-state index contributed by atoms with van der Waals surface area (Å²) in [5.74, 6) is -1.17. The predicted octanol–water partition coefficient (Wildman–Crippen LogP) is 3.44. The average Bonchev–Trinajstić information content (AvgIpc) is 3.13. The number of amides is 1. The van der Waals surface area contributed by atoms with Gasteiger partial charge in [0.2, 0.25) is 0 Å². The third-order valence-corrected chi connectivity index (χ3v) is 4.46. The lowest BCUT2D eigenvalue weighted by molar-refractivity contribution is -0.119. The van der Waals surface area contributed by atoms with Crippen LogP contribution in [0.5, 0.6) is 0 Å². The molecule has 2 heterocycles. The Morgan fingerprint density at radius 2 is 1.96 bits per heavy atom. The predicted molar refractivity (Wildman–Crippen MR) is 104 cm³/mol. The first kappa shape index (κ1) is 18.9. The van der Waals surface area contributed by atoms with Crippen molar-refractivity contribution in [2.45, 2.75) is 5.16 Å². The van der Waals surface area contributed by atoms with Gasteiger partial charge < -0.3 is 10.1 Å². The number of esters is 1. The Morgan fingerprint density at radius 1 is 1.19 bits per heavy atom. The summed E-state index contributed by atoms with van der Waals surface area (Å²) in [7, 11) is 0. The molecule has 7 nitrogen and oxygen atoms in total. The Balaban J connectivity index is 1.71. The summed E-state index contributed by atoms with van der Waals surface area (Å²) in [6, 6.07) is 12.6. The molecule has 0 radical (unpaired) electrons. The third kappa shape index (κ3) is 4.47. The maximum Gasteiger partial charge on any atom is 0.357 e. The van der Waals surface area contributed by atoms with E-state index < -0.39 is 18.5 Å². The molecule has 0 saturated carbocycles. The highest BCUT2D eigenvalue weighted by atomic mass is 35.5. The van der Waals surface area contributed by atoms with Crippen molar-refractivity contribution in [2.24, 2.45) is 0 Å². The van der Waals surface area contributed by atoms with Crippen LogP contribution in [0.15, 0.2) is 60.0 Å². The van der Waals surface area contributed by atoms with Crippen molar-refractivity contribution in [1.29, 1.82) is 0 Å². The summed E-state index contributed by atoms with van der Waals surface area (Å²) < 4.78 is 6.82. The number of rotatable bonds is 6. The van der Waals surface area contributed by atoms with Crippen molar-refractivity contribution in [3.63, 3.8) is 0 Å². The number of imidazole rings is 1. The summed E-state index contributed by atoms with van der Waals surface area (Å²) in [6.45, 7) is -0.460. The van der Waals surface area contributed by atoms with Crippen molar-refractivity contribution >= 4 is 40.9 Å². The lowest BCUT2D eigenvalue weighted by atomic mass is 10.3. The number of hydrogen-bond donors (Lipinski definition) is 1. The number of nitrogens with zero attached hydrogens (tertiary/aromatic N) is 3. The molecule has 0 atom stereocenters. The zero-order chi connectivity index (χ0) is 19.2. The van der Waals surface area contributed by atoms with Crippen LogP contribution in [0.4, 0.5) is 5.69 Å². The van der Waals surface area contributed by atoms with E-state index in [1.165, 1.54) is 24.2 Å². The summed E-state index contributed by atoms with van der Waals surface area (Å²) in [6.07, 6.45) is 4.80. The fraction of sp³-hybridized carbons (Fsp3) is 0.111. The highest BCUT2D eigenvalue weighted by Crippen LogP contribution is 2.22. The number of carbonyl (C=O) groups excluding carboxylic acids is 2. The lowest BCUT2D eigenvalue weighted by Gasteiger charge is -2.11. The fourth-order valence-electron chi connectivity index (χ4n) is 2.32. The molecule has 0 unspecified atom stereocenters. The van der Waals surface area contributed by atoms with E-state index in [2.05, 4.69) is 15.3 Å². The minimum Gasteiger partial charge on any atom is -0.451 e. The molecule has 2 aromatic heterocycles. The van der Waals surface area contributed by atoms with E-state index in [4.69, 9.17) is 16.3 Å². The summed E-state index contributed by atoms with van der Waals surface area (Å²) in [5, 5.41) is 3.34. The molecule has 27 heavy (non-hydrogen) atoms. The standard InChI is InChI=1S/C18H15ClN4O3S/c1-27-18-21-10-14(23(18)12-6-3-2-4-7-12)17(25)26-11-15(24)22-13-8-5-9-20-16(13)19/h2-10H,11H2,1H3,(H,22,24). The molecule has 0 aliphatic heterocycles. The Bertz CT molecular complexity index is 962. The lowest BCUT2D eigenvalue weighted by Crippen LogP contribution is -2.22. The van der Waals surface area contributed by atoms with Gasteiger partial charge in [-0.15, -0.1) is 0 Å². The van der Waals surface area contributed by atoms with Crippen LogP contribution in [-0.4, -0.2) is 39.3 Å². The quantitative estimate of drug-likeness (QED) is 0.386. The van der Waals surface area contributed by atoms with Crippen LogP contribution < -0.4 is 5.32 Å². The molecule has 1 aromatic carbocycles. The van der Waals surface area contributed by atoms with Crippen molar-refractivity contribution in [1.82, 2.24) is 14.5 Å². The van der Waals surface area contributed by atoms with Gasteiger partial charge in [0.1, 0.15) is 0 Å². The summed E-state index contributed by atoms with van der Waals surface area (Å²) in [5.41, 5.74) is 1.36. The van der Waals surface area contributed by atoms with E-state index in [-0.39, 0.29) is 10.8 Å². The number of hydrogen-bond acceptors (Lipinski definition) is 6. The zero-order valence-electron chi connectivity index (χ0n) is 14.3. The second kappa shape index (κ2) is 8.70. The Kier molecular flexibility index (Phi) is 6.10. The second-order valence-electron chi connectivity index (χ2n) is 5.27. The van der Waals surface area contributed by atoms with Gasteiger partial charge in [-0.1, -0.05) is 41.6 Å². The minimum absolute atomic E-state index is 0.156. The topological polar surface area (TPSA) is 86.1 Å². The molecule has 0 fully saturated rings. The van der Waals surface area contributed by atoms with Gasteiger partial charge in [-0.3, -0.25) is 9.36 Å². The second-order valence-corrected chi connectivity index (χ2v) is 6.40. The fourth-order valence-corrected chi connectivity index (χ4v) is 3.03. The van der Waals surface area contributed by atoms with Crippen LogP contribution in [0.2, 0.25) is 5.15 Å². The largest absolute Gasteiger partial charge is 0.451 e. The van der Waals surface area contributed by atoms with Gasteiger partial charge in [-0.2, -0.15) is 0 Å². The number of benzene rings is 1. The van der Waals surface area contributed by atoms with Gasteiger partial charge in [0, 0.05) is 11.9 Å². The van der Waals surface area contributed by atoms with Crippen LogP contribution in [-0.2, 0) is 9.53 Å². The minimum atomic E-state index is -0.654. The highest BCUT2D eigenvalue weighted by molar-refractivity contribution is 7.98. The Morgan fingerprint density at radius 3 is 2.67 bits per heavy atom. The van der Waals surface area contributed by atoms with Gasteiger partial charge in [0.15, 0.2) is 22.6 Å². The molecular weight excluding hydrogens is 388 g/mol. The van der Waals surface area contributed by atoms with Crippen LogP contribution in [0.3, 0.4) is 0 Å². The smallest absolute Gasteiger partial charge is 0.357 e. The SMILES string of the molecule is CSc1ncc(C(=O)OCC(=O)Nc2cccnc2Cl)n1-c1ccccc1. The molecule has 0 aliphatic rings. The number of halogens is 1. The Labute approximate surface area is 164 Å². The van der Waals surface area contributed by atoms with Crippen LogP contribution in [0.1, 0.15) is 10.5 Å². The molecule has 138 valence electrons. The van der Waals surface area contributed by atoms with Gasteiger partial charge in [-0.25, -0.2) is 14.8 Å². The van der Waals surface area contributed by atoms with Crippen molar-refractivity contribution in [3.8, 4) is 5.69 Å². The molecule has 0 spiro atoms. The van der Waals surface area contributed by atoms with Crippen LogP contribution >= 0.6 is 23.4 Å². The summed E-state index contributed by atoms with van der Waals surface area (Å²) in [4.78, 5) is 32.6. The number of pyridine rings is 1. The van der Waals surface area contributed by atoms with E-state index in [1.54, 1.807) is 16.7 Å². The average molecular weight is 403 g/mol. The first-order valence-corrected chi connectivity index (χ1v) is 9.45. The normalized spacial score (nSPS) is 10.4. The molecule has 9 heteroatoms. The van der Waals surface area contributed by atoms with Crippen molar-refractivity contribution < 1.29 is 14.3 Å². The number of anilines is 1. The number of aromatic nitrogens is 3. The molecule has 0 saturated heterocycles. The number of ether oxygens (including phenoxy) is 1. The first-order valence-electron chi connectivity index (χ1n) is 7.85. The molecule has 0 aliphatic carbocycles. The zero-order valence-corrected chi connectivity index (χ0v) is 15.8. The van der Waals surface area contributed by atoms with Gasteiger partial charge in [0.05, 0.1) is 11.9 Å². The maximum absolute atomic E-state index is 12.5. The van der Waals surface area contributed by atoms with Gasteiger partial charge >= 0.3 is 5.97 Å². The number of para-hydroxylation sites is 1. The van der Waals surface area contributed by atoms with E-state index in [9.17, 15) is 9.59 Å². The van der Waals surface area contributed by atoms with E-state index >= 15 is 0 Å². The first-order chi connectivity index (χ1) is 13.1.